The van der Waals surface area contributed by atoms with Crippen LogP contribution in [0.25, 0.3) is 0 Å². The Bertz CT molecular complexity index is 1600. The van der Waals surface area contributed by atoms with Crippen molar-refractivity contribution < 1.29 is 31.2 Å². The standard InChI is InChI=1S/C30H39ClN4O7S2/c1-43(38,39)25-6-3-22(4-7-25)21-42-27-8-5-24(31)17-23(27)20-33-13-15-34(16-14-33)28(36)19-32-29(37)26-18-30(26)9-11-35(12-10-30)44(2,40)41/h3-8,17,26H,9-16,18-21H2,1-2H3,(H,32,37). The number of benzene rings is 2. The maximum absolute atomic E-state index is 12.9. The SMILES string of the molecule is CS(=O)(=O)c1ccc(COc2ccc(Cl)cc2CN2CCN(C(=O)CNC(=O)C3CC34CCN(S(C)(=O)=O)CC4)CC2)cc1. The zero-order valence-electron chi connectivity index (χ0n) is 25.0. The van der Waals surface area contributed by atoms with Gasteiger partial charge in [0.25, 0.3) is 0 Å². The first-order valence-electron chi connectivity index (χ1n) is 14.7. The molecule has 5 rings (SSSR count). The number of ether oxygens (including phenoxy) is 1. The number of nitrogens with zero attached hydrogens (tertiary/aromatic N) is 3. The number of sulfone groups is 1. The van der Waals surface area contributed by atoms with Gasteiger partial charge in [-0.1, -0.05) is 23.7 Å². The minimum absolute atomic E-state index is 0.0433. The summed E-state index contributed by atoms with van der Waals surface area (Å²) in [6, 6.07) is 12.1. The van der Waals surface area contributed by atoms with Crippen LogP contribution in [0.3, 0.4) is 0 Å². The van der Waals surface area contributed by atoms with E-state index in [4.69, 9.17) is 16.3 Å². The van der Waals surface area contributed by atoms with Crippen LogP contribution in [0.1, 0.15) is 30.4 Å². The maximum Gasteiger partial charge on any atom is 0.242 e. The Labute approximate surface area is 264 Å². The molecule has 3 fully saturated rings. The lowest BCUT2D eigenvalue weighted by molar-refractivity contribution is -0.134. The monoisotopic (exact) mass is 666 g/mol. The van der Waals surface area contributed by atoms with E-state index in [1.807, 2.05) is 12.1 Å². The van der Waals surface area contributed by atoms with Crippen molar-refractivity contribution >= 4 is 43.3 Å². The predicted octanol–water partition coefficient (Wildman–Crippen LogP) is 2.14. The van der Waals surface area contributed by atoms with Crippen LogP contribution >= 0.6 is 11.6 Å². The van der Waals surface area contributed by atoms with Gasteiger partial charge >= 0.3 is 0 Å². The predicted molar refractivity (Wildman–Crippen MR) is 166 cm³/mol. The van der Waals surface area contributed by atoms with Crippen LogP contribution in [0.15, 0.2) is 47.4 Å². The Kier molecular flexibility index (Phi) is 9.62. The third-order valence-corrected chi connectivity index (χ3v) is 11.7. The molecule has 2 aromatic rings. The summed E-state index contributed by atoms with van der Waals surface area (Å²) in [6.45, 7) is 4.07. The molecule has 2 saturated heterocycles. The molecule has 1 atom stereocenters. The molecule has 2 aromatic carbocycles. The van der Waals surface area contributed by atoms with E-state index in [0.29, 0.717) is 69.4 Å². The van der Waals surface area contributed by atoms with Gasteiger partial charge in [-0.3, -0.25) is 14.5 Å². The zero-order valence-corrected chi connectivity index (χ0v) is 27.4. The fourth-order valence-corrected chi connectivity index (χ4v) is 7.81. The fourth-order valence-electron chi connectivity index (χ4n) is 6.13. The number of sulfonamides is 1. The minimum atomic E-state index is -3.26. The van der Waals surface area contributed by atoms with E-state index < -0.39 is 19.9 Å². The summed E-state index contributed by atoms with van der Waals surface area (Å²) in [5, 5.41) is 3.41. The van der Waals surface area contributed by atoms with Crippen molar-refractivity contribution in [2.24, 2.45) is 11.3 Å². The van der Waals surface area contributed by atoms with Gasteiger partial charge in [-0.2, -0.15) is 0 Å². The molecule has 0 bridgehead atoms. The van der Waals surface area contributed by atoms with Crippen molar-refractivity contribution in [2.75, 3.05) is 58.3 Å². The first-order chi connectivity index (χ1) is 20.7. The number of rotatable bonds is 10. The van der Waals surface area contributed by atoms with Gasteiger partial charge < -0.3 is 15.0 Å². The highest BCUT2D eigenvalue weighted by Gasteiger charge is 2.58. The van der Waals surface area contributed by atoms with Crippen LogP contribution in [0.5, 0.6) is 5.75 Å². The summed E-state index contributed by atoms with van der Waals surface area (Å²) in [4.78, 5) is 29.9. The molecule has 0 radical (unpaired) electrons. The molecule has 240 valence electrons. The normalized spacial score (nSPS) is 20.8. The van der Waals surface area contributed by atoms with E-state index in [-0.39, 0.29) is 41.2 Å². The lowest BCUT2D eigenvalue weighted by Crippen LogP contribution is -2.51. The zero-order chi connectivity index (χ0) is 31.7. The summed E-state index contributed by atoms with van der Waals surface area (Å²) in [5.41, 5.74) is 1.62. The summed E-state index contributed by atoms with van der Waals surface area (Å²) in [5.74, 6) is 0.287. The summed E-state index contributed by atoms with van der Waals surface area (Å²) in [6.07, 6.45) is 4.48. The molecule has 2 amide bonds. The Morgan fingerprint density at radius 1 is 0.955 bits per heavy atom. The van der Waals surface area contributed by atoms with E-state index in [9.17, 15) is 26.4 Å². The van der Waals surface area contributed by atoms with Gasteiger partial charge in [-0.05, 0) is 60.6 Å². The molecule has 1 N–H and O–H groups in total. The summed E-state index contributed by atoms with van der Waals surface area (Å²) >= 11 is 6.29. The number of hydrogen-bond donors (Lipinski definition) is 1. The molecular weight excluding hydrogens is 628 g/mol. The van der Waals surface area contributed by atoms with E-state index in [1.54, 1.807) is 35.2 Å². The van der Waals surface area contributed by atoms with Crippen molar-refractivity contribution in [1.82, 2.24) is 19.4 Å². The Morgan fingerprint density at radius 2 is 1.61 bits per heavy atom. The van der Waals surface area contributed by atoms with Crippen LogP contribution in [-0.2, 0) is 42.6 Å². The highest BCUT2D eigenvalue weighted by molar-refractivity contribution is 7.90. The number of carbonyl (C=O) groups excluding carboxylic acids is 2. The van der Waals surface area contributed by atoms with Gasteiger partial charge in [0.2, 0.25) is 21.8 Å². The second-order valence-electron chi connectivity index (χ2n) is 12.1. The van der Waals surface area contributed by atoms with Gasteiger partial charge in [0.1, 0.15) is 12.4 Å². The minimum Gasteiger partial charge on any atom is -0.489 e. The van der Waals surface area contributed by atoms with Crippen LogP contribution in [0, 0.1) is 11.3 Å². The fraction of sp³-hybridized carbons (Fsp3) is 0.533. The van der Waals surface area contributed by atoms with Crippen LogP contribution in [0.2, 0.25) is 5.02 Å². The average Bonchev–Trinajstić information content (AvgIpc) is 3.68. The maximum atomic E-state index is 12.9. The van der Waals surface area contributed by atoms with Crippen molar-refractivity contribution in [2.45, 2.75) is 37.3 Å². The molecule has 14 heteroatoms. The highest BCUT2D eigenvalue weighted by atomic mass is 35.5. The van der Waals surface area contributed by atoms with Crippen LogP contribution < -0.4 is 10.1 Å². The van der Waals surface area contributed by atoms with Crippen molar-refractivity contribution in [3.05, 3.63) is 58.6 Å². The number of halogens is 1. The molecule has 44 heavy (non-hydrogen) atoms. The second-order valence-corrected chi connectivity index (χ2v) is 16.5. The smallest absolute Gasteiger partial charge is 0.242 e. The molecule has 11 nitrogen and oxygen atoms in total. The van der Waals surface area contributed by atoms with Crippen LogP contribution in [-0.4, -0.2) is 101 Å². The third kappa shape index (κ3) is 7.92. The Hall–Kier alpha value is -2.71. The number of nitrogens with one attached hydrogen (secondary N) is 1. The van der Waals surface area contributed by atoms with Gasteiger partial charge in [-0.25, -0.2) is 21.1 Å². The second kappa shape index (κ2) is 13.0. The Balaban J connectivity index is 1.06. The lowest BCUT2D eigenvalue weighted by Gasteiger charge is -2.35. The molecule has 2 heterocycles. The quantitative estimate of drug-likeness (QED) is 0.408. The number of amides is 2. The third-order valence-electron chi connectivity index (χ3n) is 8.99. The van der Waals surface area contributed by atoms with Crippen molar-refractivity contribution in [3.63, 3.8) is 0 Å². The van der Waals surface area contributed by atoms with Crippen molar-refractivity contribution in [1.29, 1.82) is 0 Å². The molecular formula is C30H39ClN4O7S2. The Morgan fingerprint density at radius 3 is 2.23 bits per heavy atom. The van der Waals surface area contributed by atoms with Crippen LogP contribution in [0.4, 0.5) is 0 Å². The van der Waals surface area contributed by atoms with E-state index in [1.165, 1.54) is 16.8 Å². The van der Waals surface area contributed by atoms with Gasteiger partial charge in [0.15, 0.2) is 9.84 Å². The number of piperazine rings is 1. The lowest BCUT2D eigenvalue weighted by atomic mass is 9.91. The molecule has 1 spiro atoms. The molecule has 3 aliphatic rings. The molecule has 1 unspecified atom stereocenters. The number of piperidine rings is 1. The van der Waals surface area contributed by atoms with Gasteiger partial charge in [0, 0.05) is 68.6 Å². The molecule has 1 aliphatic carbocycles. The first-order valence-corrected chi connectivity index (χ1v) is 18.8. The van der Waals surface area contributed by atoms with Crippen molar-refractivity contribution in [3.8, 4) is 5.75 Å². The van der Waals surface area contributed by atoms with Gasteiger partial charge in [-0.15, -0.1) is 0 Å². The van der Waals surface area contributed by atoms with E-state index in [2.05, 4.69) is 10.2 Å². The number of carbonyl (C=O) groups is 2. The molecule has 1 saturated carbocycles. The largest absolute Gasteiger partial charge is 0.489 e. The highest BCUT2D eigenvalue weighted by Crippen LogP contribution is 2.59. The molecule has 2 aliphatic heterocycles. The molecule has 0 aromatic heterocycles. The van der Waals surface area contributed by atoms with E-state index in [0.717, 1.165) is 17.5 Å². The first kappa shape index (κ1) is 32.7. The average molecular weight is 667 g/mol. The summed E-state index contributed by atoms with van der Waals surface area (Å²) < 4.78 is 54.5. The summed E-state index contributed by atoms with van der Waals surface area (Å²) in [7, 11) is -6.48. The topological polar surface area (TPSA) is 133 Å². The van der Waals surface area contributed by atoms with E-state index >= 15 is 0 Å². The number of hydrogen-bond acceptors (Lipinski definition) is 8. The van der Waals surface area contributed by atoms with Gasteiger partial charge in [0.05, 0.1) is 17.7 Å².